The van der Waals surface area contributed by atoms with Crippen LogP contribution >= 0.6 is 11.6 Å². The Morgan fingerprint density at radius 3 is 2.31 bits per heavy atom. The molecule has 1 aromatic heterocycles. The Labute approximate surface area is 216 Å². The van der Waals surface area contributed by atoms with Crippen molar-refractivity contribution in [2.75, 3.05) is 6.54 Å². The summed E-state index contributed by atoms with van der Waals surface area (Å²) in [6, 6.07) is 23.2. The van der Waals surface area contributed by atoms with Gasteiger partial charge in [-0.15, -0.1) is 0 Å². The van der Waals surface area contributed by atoms with E-state index < -0.39 is 16.1 Å². The van der Waals surface area contributed by atoms with E-state index in [0.717, 1.165) is 28.3 Å². The standard InChI is InChI=1S/C27H27ClN4O3S/c1-19(2)26-30-24(21-8-4-3-5-9-21)18-32(26)22-14-12-20(13-15-22)16-17-29-27(33)31-36(34,35)25-11-7-6-10-23(25)28/h3-15,18-19H,16-17H2,1-2H3,(H2,29,31,33). The van der Waals surface area contributed by atoms with Crippen molar-refractivity contribution in [3.8, 4) is 16.9 Å². The Bertz CT molecular complexity index is 1450. The summed E-state index contributed by atoms with van der Waals surface area (Å²) in [5.41, 5.74) is 3.98. The van der Waals surface area contributed by atoms with E-state index >= 15 is 0 Å². The highest BCUT2D eigenvalue weighted by atomic mass is 35.5. The Morgan fingerprint density at radius 1 is 0.972 bits per heavy atom. The monoisotopic (exact) mass is 522 g/mol. The molecule has 0 unspecified atom stereocenters. The summed E-state index contributed by atoms with van der Waals surface area (Å²) < 4.78 is 28.8. The zero-order valence-corrected chi connectivity index (χ0v) is 21.6. The highest BCUT2D eigenvalue weighted by Crippen LogP contribution is 2.26. The fraction of sp³-hybridized carbons (Fsp3) is 0.185. The maximum Gasteiger partial charge on any atom is 0.328 e. The lowest BCUT2D eigenvalue weighted by atomic mass is 10.1. The number of benzene rings is 3. The number of rotatable bonds is 8. The molecule has 2 amide bonds. The molecule has 0 saturated carbocycles. The van der Waals surface area contributed by atoms with Crippen molar-refractivity contribution >= 4 is 27.7 Å². The van der Waals surface area contributed by atoms with Crippen LogP contribution in [0.3, 0.4) is 0 Å². The van der Waals surface area contributed by atoms with E-state index in [4.69, 9.17) is 16.6 Å². The van der Waals surface area contributed by atoms with Crippen molar-refractivity contribution < 1.29 is 13.2 Å². The van der Waals surface area contributed by atoms with Crippen LogP contribution in [-0.4, -0.2) is 30.5 Å². The molecule has 0 aliphatic heterocycles. The van der Waals surface area contributed by atoms with Crippen LogP contribution in [0.5, 0.6) is 0 Å². The molecule has 7 nitrogen and oxygen atoms in total. The molecule has 9 heteroatoms. The molecule has 1 heterocycles. The highest BCUT2D eigenvalue weighted by molar-refractivity contribution is 7.90. The number of aromatic nitrogens is 2. The Hall–Kier alpha value is -3.62. The summed E-state index contributed by atoms with van der Waals surface area (Å²) in [4.78, 5) is 16.8. The number of hydrogen-bond acceptors (Lipinski definition) is 4. The lowest BCUT2D eigenvalue weighted by molar-refractivity contribution is 0.246. The second-order valence-corrected chi connectivity index (χ2v) is 10.6. The van der Waals surface area contributed by atoms with Crippen molar-refractivity contribution in [3.63, 3.8) is 0 Å². The molecule has 4 aromatic rings. The molecule has 0 bridgehead atoms. The molecular weight excluding hydrogens is 496 g/mol. The number of carbonyl (C=O) groups is 1. The van der Waals surface area contributed by atoms with Crippen molar-refractivity contribution in [2.45, 2.75) is 31.1 Å². The quantitative estimate of drug-likeness (QED) is 0.317. The second kappa shape index (κ2) is 11.0. The number of urea groups is 1. The van der Waals surface area contributed by atoms with Gasteiger partial charge in [0.1, 0.15) is 10.7 Å². The van der Waals surface area contributed by atoms with Gasteiger partial charge in [-0.2, -0.15) is 0 Å². The van der Waals surface area contributed by atoms with E-state index in [9.17, 15) is 13.2 Å². The van der Waals surface area contributed by atoms with Crippen molar-refractivity contribution in [1.82, 2.24) is 19.6 Å². The van der Waals surface area contributed by atoms with Gasteiger partial charge in [0, 0.05) is 29.9 Å². The van der Waals surface area contributed by atoms with Crippen LogP contribution in [-0.2, 0) is 16.4 Å². The third-order valence-corrected chi connectivity index (χ3v) is 7.42. The fourth-order valence-corrected chi connectivity index (χ4v) is 5.23. The fourth-order valence-electron chi connectivity index (χ4n) is 3.78. The molecule has 0 aliphatic carbocycles. The molecule has 0 atom stereocenters. The number of amides is 2. The van der Waals surface area contributed by atoms with Crippen LogP contribution < -0.4 is 10.0 Å². The smallest absolute Gasteiger partial charge is 0.328 e. The zero-order chi connectivity index (χ0) is 25.7. The van der Waals surface area contributed by atoms with Gasteiger partial charge in [-0.25, -0.2) is 22.9 Å². The first-order chi connectivity index (χ1) is 17.2. The summed E-state index contributed by atoms with van der Waals surface area (Å²) in [5.74, 6) is 1.21. The van der Waals surface area contributed by atoms with Crippen molar-refractivity contribution in [1.29, 1.82) is 0 Å². The molecule has 186 valence electrons. The van der Waals surface area contributed by atoms with Crippen LogP contribution in [0.4, 0.5) is 4.79 Å². The van der Waals surface area contributed by atoms with Gasteiger partial charge in [-0.1, -0.05) is 80.0 Å². The zero-order valence-electron chi connectivity index (χ0n) is 20.0. The minimum Gasteiger partial charge on any atom is -0.337 e. The first-order valence-electron chi connectivity index (χ1n) is 11.5. The first-order valence-corrected chi connectivity index (χ1v) is 13.4. The summed E-state index contributed by atoms with van der Waals surface area (Å²) >= 11 is 5.94. The molecule has 4 rings (SSSR count). The number of halogens is 1. The molecule has 3 aromatic carbocycles. The third kappa shape index (κ3) is 5.95. The van der Waals surface area contributed by atoms with Crippen LogP contribution in [0.25, 0.3) is 16.9 Å². The van der Waals surface area contributed by atoms with E-state index in [1.165, 1.54) is 12.1 Å². The molecule has 0 saturated heterocycles. The van der Waals surface area contributed by atoms with Gasteiger partial charge in [0.25, 0.3) is 10.0 Å². The highest BCUT2D eigenvalue weighted by Gasteiger charge is 2.20. The van der Waals surface area contributed by atoms with E-state index in [0.29, 0.717) is 6.42 Å². The largest absolute Gasteiger partial charge is 0.337 e. The molecule has 0 spiro atoms. The molecule has 0 radical (unpaired) electrons. The average Bonchev–Trinajstić information content (AvgIpc) is 3.31. The van der Waals surface area contributed by atoms with E-state index in [-0.39, 0.29) is 22.4 Å². The number of nitrogens with zero attached hydrogens (tertiary/aromatic N) is 2. The minimum absolute atomic E-state index is 0.0484. The summed E-state index contributed by atoms with van der Waals surface area (Å²) in [6.45, 7) is 4.50. The predicted molar refractivity (Wildman–Crippen MR) is 142 cm³/mol. The van der Waals surface area contributed by atoms with Gasteiger partial charge < -0.3 is 9.88 Å². The number of imidazole rings is 1. The molecule has 36 heavy (non-hydrogen) atoms. The van der Waals surface area contributed by atoms with Gasteiger partial charge in [0.2, 0.25) is 0 Å². The van der Waals surface area contributed by atoms with E-state index in [1.54, 1.807) is 12.1 Å². The summed E-state index contributed by atoms with van der Waals surface area (Å²) in [5, 5.41) is 2.63. The van der Waals surface area contributed by atoms with E-state index in [2.05, 4.69) is 23.7 Å². The van der Waals surface area contributed by atoms with Gasteiger partial charge >= 0.3 is 6.03 Å². The van der Waals surface area contributed by atoms with Crippen molar-refractivity contribution in [2.24, 2.45) is 0 Å². The van der Waals surface area contributed by atoms with Crippen LogP contribution in [0, 0.1) is 0 Å². The summed E-state index contributed by atoms with van der Waals surface area (Å²) in [6.07, 6.45) is 2.58. The Balaban J connectivity index is 1.38. The maximum absolute atomic E-state index is 12.4. The molecule has 0 aliphatic rings. The van der Waals surface area contributed by atoms with Crippen LogP contribution in [0.15, 0.2) is 90.0 Å². The molecule has 0 fully saturated rings. The molecular formula is C27H27ClN4O3S. The predicted octanol–water partition coefficient (Wildman–Crippen LogP) is 5.55. The Morgan fingerprint density at radius 2 is 1.64 bits per heavy atom. The number of nitrogens with one attached hydrogen (secondary N) is 2. The average molecular weight is 523 g/mol. The van der Waals surface area contributed by atoms with Gasteiger partial charge in [-0.3, -0.25) is 0 Å². The summed E-state index contributed by atoms with van der Waals surface area (Å²) in [7, 11) is -4.05. The first kappa shape index (κ1) is 25.5. The van der Waals surface area contributed by atoms with Gasteiger partial charge in [0.15, 0.2) is 0 Å². The molecule has 2 N–H and O–H groups in total. The Kier molecular flexibility index (Phi) is 7.76. The number of hydrogen-bond donors (Lipinski definition) is 2. The lowest BCUT2D eigenvalue weighted by Crippen LogP contribution is -2.40. The number of sulfonamides is 1. The normalized spacial score (nSPS) is 11.4. The number of carbonyl (C=O) groups excluding carboxylic acids is 1. The van der Waals surface area contributed by atoms with Crippen LogP contribution in [0.2, 0.25) is 5.02 Å². The van der Waals surface area contributed by atoms with Crippen molar-refractivity contribution in [3.05, 3.63) is 101 Å². The van der Waals surface area contributed by atoms with Gasteiger partial charge in [-0.05, 0) is 36.2 Å². The lowest BCUT2D eigenvalue weighted by Gasteiger charge is -2.11. The van der Waals surface area contributed by atoms with Gasteiger partial charge in [0.05, 0.1) is 10.7 Å². The SMILES string of the molecule is CC(C)c1nc(-c2ccccc2)cn1-c1ccc(CCNC(=O)NS(=O)(=O)c2ccccc2Cl)cc1. The van der Waals surface area contributed by atoms with E-state index in [1.807, 2.05) is 65.5 Å². The maximum atomic E-state index is 12.4. The second-order valence-electron chi connectivity index (χ2n) is 8.58. The minimum atomic E-state index is -4.05. The topological polar surface area (TPSA) is 93.1 Å². The van der Waals surface area contributed by atoms with Crippen LogP contribution in [0.1, 0.15) is 31.2 Å². The third-order valence-electron chi connectivity index (χ3n) is 5.59.